The number of benzene rings is 3. The molecule has 0 unspecified atom stereocenters. The molecule has 0 bridgehead atoms. The number of imidazole rings is 1. The fourth-order valence-electron chi connectivity index (χ4n) is 4.94. The van der Waals surface area contributed by atoms with Crippen molar-refractivity contribution in [2.45, 2.75) is 62.4 Å². The maximum Gasteiger partial charge on any atom is 0.313 e. The van der Waals surface area contributed by atoms with Crippen molar-refractivity contribution in [1.29, 1.82) is 0 Å². The van der Waals surface area contributed by atoms with Crippen molar-refractivity contribution >= 4 is 39.4 Å². The molecule has 45 heavy (non-hydrogen) atoms. The number of carbonyl (C=O) groups is 3. The standard InChI is InChI=1S/C34H37N3O6S2/c1-4-6-16-30-35-34(44-3)33(28(38)22-32(40)43-5-2)37(30)23-25-17-19-26(20-18-25)27-14-10-11-15-29(27)45(41,42)36-31(39)21-24-12-8-7-9-13-24/h7-15,17-20H,4-6,16,21-23H2,1-3H3,(H,36,39). The predicted octanol–water partition coefficient (Wildman–Crippen LogP) is 5.85. The number of carbonyl (C=O) groups excluding carboxylic acids is 3. The predicted molar refractivity (Wildman–Crippen MR) is 175 cm³/mol. The topological polar surface area (TPSA) is 124 Å². The molecule has 0 aliphatic carbocycles. The summed E-state index contributed by atoms with van der Waals surface area (Å²) in [5.41, 5.74) is 3.05. The zero-order valence-electron chi connectivity index (χ0n) is 25.6. The normalized spacial score (nSPS) is 11.3. The van der Waals surface area contributed by atoms with Crippen molar-refractivity contribution in [2.75, 3.05) is 12.9 Å². The van der Waals surface area contributed by atoms with E-state index in [4.69, 9.17) is 9.72 Å². The van der Waals surface area contributed by atoms with Crippen LogP contribution in [0.1, 0.15) is 60.5 Å². The van der Waals surface area contributed by atoms with Gasteiger partial charge in [0.25, 0.3) is 10.0 Å². The third-order valence-electron chi connectivity index (χ3n) is 7.07. The van der Waals surface area contributed by atoms with Crippen LogP contribution in [0.5, 0.6) is 0 Å². The average molecular weight is 648 g/mol. The van der Waals surface area contributed by atoms with Crippen molar-refractivity contribution in [3.8, 4) is 11.1 Å². The Morgan fingerprint density at radius 2 is 1.60 bits per heavy atom. The van der Waals surface area contributed by atoms with E-state index >= 15 is 0 Å². The second-order valence-electron chi connectivity index (χ2n) is 10.4. The van der Waals surface area contributed by atoms with Gasteiger partial charge in [-0.2, -0.15) is 0 Å². The summed E-state index contributed by atoms with van der Waals surface area (Å²) < 4.78 is 35.7. The molecule has 4 rings (SSSR count). The fourth-order valence-corrected chi connectivity index (χ4v) is 6.77. The number of ketones is 1. The van der Waals surface area contributed by atoms with Gasteiger partial charge in [-0.25, -0.2) is 18.1 Å². The number of hydrogen-bond donors (Lipinski definition) is 1. The first-order valence-electron chi connectivity index (χ1n) is 14.8. The quantitative estimate of drug-likeness (QED) is 0.0738. The van der Waals surface area contributed by atoms with Gasteiger partial charge in [-0.1, -0.05) is 86.1 Å². The Kier molecular flexibility index (Phi) is 11.7. The Morgan fingerprint density at radius 3 is 2.27 bits per heavy atom. The molecule has 4 aromatic rings. The lowest BCUT2D eigenvalue weighted by molar-refractivity contribution is -0.142. The number of amides is 1. The highest BCUT2D eigenvalue weighted by Crippen LogP contribution is 2.29. The lowest BCUT2D eigenvalue weighted by atomic mass is 10.0. The summed E-state index contributed by atoms with van der Waals surface area (Å²) in [5.74, 6) is -0.784. The van der Waals surface area contributed by atoms with Crippen molar-refractivity contribution in [2.24, 2.45) is 0 Å². The molecule has 0 aliphatic heterocycles. The minimum Gasteiger partial charge on any atom is -0.466 e. The number of Topliss-reactive ketones (excluding diaryl/α,β-unsaturated/α-hetero) is 1. The number of nitrogens with zero attached hydrogens (tertiary/aromatic N) is 2. The monoisotopic (exact) mass is 647 g/mol. The molecular formula is C34H37N3O6S2. The first-order chi connectivity index (χ1) is 21.7. The molecule has 3 aromatic carbocycles. The third kappa shape index (κ3) is 8.70. The summed E-state index contributed by atoms with van der Waals surface area (Å²) in [6.07, 6.45) is 3.94. The number of aromatic nitrogens is 2. The van der Waals surface area contributed by atoms with Crippen molar-refractivity contribution < 1.29 is 27.5 Å². The van der Waals surface area contributed by atoms with E-state index in [2.05, 4.69) is 11.6 Å². The Labute approximate surface area is 268 Å². The molecule has 0 saturated carbocycles. The maximum atomic E-state index is 13.3. The van der Waals surface area contributed by atoms with Gasteiger partial charge in [0, 0.05) is 18.5 Å². The summed E-state index contributed by atoms with van der Waals surface area (Å²) in [7, 11) is -4.15. The molecule has 0 spiro atoms. The van der Waals surface area contributed by atoms with Gasteiger partial charge in [0.2, 0.25) is 5.91 Å². The number of rotatable bonds is 15. The van der Waals surface area contributed by atoms with E-state index in [0.29, 0.717) is 40.4 Å². The van der Waals surface area contributed by atoms with E-state index in [9.17, 15) is 22.8 Å². The summed E-state index contributed by atoms with van der Waals surface area (Å²) in [4.78, 5) is 42.8. The van der Waals surface area contributed by atoms with Crippen LogP contribution in [0, 0.1) is 0 Å². The minimum absolute atomic E-state index is 0.00733. The number of unbranched alkanes of at least 4 members (excludes halogenated alkanes) is 1. The number of esters is 1. The summed E-state index contributed by atoms with van der Waals surface area (Å²) in [5, 5.41) is 0.570. The van der Waals surface area contributed by atoms with Crippen molar-refractivity contribution in [3.05, 3.63) is 102 Å². The van der Waals surface area contributed by atoms with Crippen LogP contribution in [-0.4, -0.2) is 48.5 Å². The molecule has 0 fully saturated rings. The Bertz CT molecular complexity index is 1750. The van der Waals surface area contributed by atoms with E-state index in [0.717, 1.165) is 24.2 Å². The Morgan fingerprint density at radius 1 is 0.911 bits per heavy atom. The van der Waals surface area contributed by atoms with E-state index in [1.165, 1.54) is 17.8 Å². The van der Waals surface area contributed by atoms with Gasteiger partial charge in [-0.3, -0.25) is 14.4 Å². The van der Waals surface area contributed by atoms with Crippen LogP contribution in [0.2, 0.25) is 0 Å². The average Bonchev–Trinajstić information content (AvgIpc) is 3.37. The van der Waals surface area contributed by atoms with Gasteiger partial charge in [0.15, 0.2) is 5.78 Å². The number of aryl methyl sites for hydroxylation is 1. The van der Waals surface area contributed by atoms with Crippen LogP contribution in [0.4, 0.5) is 0 Å². The number of sulfonamides is 1. The van der Waals surface area contributed by atoms with E-state index in [1.54, 1.807) is 49.4 Å². The Balaban J connectivity index is 1.61. The molecule has 9 nitrogen and oxygen atoms in total. The van der Waals surface area contributed by atoms with Crippen molar-refractivity contribution in [1.82, 2.24) is 14.3 Å². The highest BCUT2D eigenvalue weighted by molar-refractivity contribution is 7.98. The zero-order chi connectivity index (χ0) is 32.4. The molecule has 1 N–H and O–H groups in total. The molecule has 0 radical (unpaired) electrons. The van der Waals surface area contributed by atoms with Gasteiger partial charge in [-0.05, 0) is 42.4 Å². The van der Waals surface area contributed by atoms with Crippen LogP contribution in [-0.2, 0) is 43.7 Å². The molecular weight excluding hydrogens is 611 g/mol. The highest BCUT2D eigenvalue weighted by Gasteiger charge is 2.25. The van der Waals surface area contributed by atoms with Crippen LogP contribution < -0.4 is 4.72 Å². The smallest absolute Gasteiger partial charge is 0.313 e. The molecule has 0 atom stereocenters. The van der Waals surface area contributed by atoms with Gasteiger partial charge in [0.05, 0.1) is 17.9 Å². The second kappa shape index (κ2) is 15.7. The largest absolute Gasteiger partial charge is 0.466 e. The fraction of sp³-hybridized carbons (Fsp3) is 0.294. The van der Waals surface area contributed by atoms with Crippen molar-refractivity contribution in [3.63, 3.8) is 0 Å². The molecule has 1 amide bonds. The summed E-state index contributed by atoms with van der Waals surface area (Å²) >= 11 is 1.36. The number of nitrogens with one attached hydrogen (secondary N) is 1. The van der Waals surface area contributed by atoms with Gasteiger partial charge < -0.3 is 9.30 Å². The van der Waals surface area contributed by atoms with Crippen LogP contribution in [0.15, 0.2) is 88.8 Å². The lowest BCUT2D eigenvalue weighted by Gasteiger charge is -2.14. The summed E-state index contributed by atoms with van der Waals surface area (Å²) in [6, 6.07) is 22.8. The van der Waals surface area contributed by atoms with Crippen LogP contribution in [0.25, 0.3) is 11.1 Å². The molecule has 1 heterocycles. The number of ether oxygens (including phenoxy) is 1. The zero-order valence-corrected chi connectivity index (χ0v) is 27.2. The number of hydrogen-bond acceptors (Lipinski definition) is 8. The molecule has 0 aliphatic rings. The van der Waals surface area contributed by atoms with Crippen LogP contribution >= 0.6 is 11.8 Å². The van der Waals surface area contributed by atoms with Crippen LogP contribution in [0.3, 0.4) is 0 Å². The number of thioether (sulfide) groups is 1. The van der Waals surface area contributed by atoms with E-state index < -0.39 is 21.9 Å². The van der Waals surface area contributed by atoms with Gasteiger partial charge in [0.1, 0.15) is 23.0 Å². The van der Waals surface area contributed by atoms with Gasteiger partial charge in [-0.15, -0.1) is 11.8 Å². The third-order valence-corrected chi connectivity index (χ3v) is 9.18. The molecule has 1 aromatic heterocycles. The van der Waals surface area contributed by atoms with E-state index in [-0.39, 0.29) is 30.1 Å². The molecule has 0 saturated heterocycles. The Hall–Kier alpha value is -4.22. The maximum absolute atomic E-state index is 13.3. The highest BCUT2D eigenvalue weighted by atomic mass is 32.2. The second-order valence-corrected chi connectivity index (χ2v) is 12.8. The van der Waals surface area contributed by atoms with E-state index in [1.807, 2.05) is 41.2 Å². The molecule has 11 heteroatoms. The van der Waals surface area contributed by atoms with Gasteiger partial charge >= 0.3 is 5.97 Å². The first kappa shape index (κ1) is 33.7. The summed E-state index contributed by atoms with van der Waals surface area (Å²) in [6.45, 7) is 4.31. The minimum atomic E-state index is -4.15. The lowest BCUT2D eigenvalue weighted by Crippen LogP contribution is -2.32. The SMILES string of the molecule is CCCCc1nc(SC)c(C(=O)CC(=O)OCC)n1Cc1ccc(-c2ccccc2S(=O)(=O)NC(=O)Cc2ccccc2)cc1. The first-order valence-corrected chi connectivity index (χ1v) is 17.5. The molecule has 236 valence electrons.